The Kier molecular flexibility index (Phi) is 35.0. The van der Waals surface area contributed by atoms with Gasteiger partial charge in [0.15, 0.2) is 0 Å². The van der Waals surface area contributed by atoms with Gasteiger partial charge < -0.3 is 19.8 Å². The molecule has 0 aliphatic heterocycles. The molecule has 0 bridgehead atoms. The van der Waals surface area contributed by atoms with E-state index in [1.165, 1.54) is 122 Å². The number of phosphoric acid groups is 1. The summed E-state index contributed by atoms with van der Waals surface area (Å²) in [5.41, 5.74) is 0. The number of nitrogens with zero attached hydrogens (tertiary/aromatic N) is 1. The first-order chi connectivity index (χ1) is 25.0. The number of carbonyl (C=O) groups is 1. The van der Waals surface area contributed by atoms with Crippen molar-refractivity contribution in [3.05, 3.63) is 24.3 Å². The summed E-state index contributed by atoms with van der Waals surface area (Å²) in [5, 5.41) is 13.9. The number of amides is 1. The molecular weight excluding hydrogens is 671 g/mol. The topological polar surface area (TPSA) is 105 Å². The van der Waals surface area contributed by atoms with E-state index in [2.05, 4.69) is 43.5 Å². The van der Waals surface area contributed by atoms with Gasteiger partial charge in [-0.2, -0.15) is 0 Å². The number of phosphoric ester groups is 1. The van der Waals surface area contributed by atoms with Gasteiger partial charge in [-0.05, 0) is 44.9 Å². The first-order valence-corrected chi connectivity index (χ1v) is 23.2. The molecule has 1 amide bonds. The zero-order valence-corrected chi connectivity index (χ0v) is 35.7. The average molecular weight is 758 g/mol. The van der Waals surface area contributed by atoms with E-state index in [0.717, 1.165) is 44.9 Å². The van der Waals surface area contributed by atoms with Gasteiger partial charge in [0.1, 0.15) is 13.2 Å². The molecule has 0 aliphatic rings. The molecule has 0 heterocycles. The number of aliphatic hydroxyl groups excluding tert-OH is 1. The monoisotopic (exact) mass is 758 g/mol. The number of hydrogen-bond donors (Lipinski definition) is 3. The first kappa shape index (κ1) is 51.0. The smallest absolute Gasteiger partial charge is 0.391 e. The number of aliphatic hydroxyl groups is 1. The van der Waals surface area contributed by atoms with Crippen LogP contribution in [-0.2, 0) is 18.4 Å². The second kappa shape index (κ2) is 35.7. The molecular formula is C43H86N2O6P+. The van der Waals surface area contributed by atoms with E-state index in [-0.39, 0.29) is 19.1 Å². The van der Waals surface area contributed by atoms with E-state index in [4.69, 9.17) is 9.05 Å². The van der Waals surface area contributed by atoms with Crippen LogP contribution in [0.4, 0.5) is 0 Å². The largest absolute Gasteiger partial charge is 0.472 e. The van der Waals surface area contributed by atoms with Crippen molar-refractivity contribution in [1.29, 1.82) is 0 Å². The number of nitrogens with one attached hydrogen (secondary N) is 1. The summed E-state index contributed by atoms with van der Waals surface area (Å²) < 4.78 is 23.5. The fourth-order valence-electron chi connectivity index (χ4n) is 6.19. The van der Waals surface area contributed by atoms with E-state index in [0.29, 0.717) is 23.9 Å². The molecule has 3 N–H and O–H groups in total. The molecule has 9 heteroatoms. The van der Waals surface area contributed by atoms with E-state index < -0.39 is 20.0 Å². The van der Waals surface area contributed by atoms with Gasteiger partial charge in [0.2, 0.25) is 5.91 Å². The zero-order valence-electron chi connectivity index (χ0n) is 34.8. The Morgan fingerprint density at radius 1 is 0.654 bits per heavy atom. The number of quaternary nitrogens is 1. The Morgan fingerprint density at radius 3 is 1.58 bits per heavy atom. The van der Waals surface area contributed by atoms with Gasteiger partial charge in [0.05, 0.1) is 39.9 Å². The highest BCUT2D eigenvalue weighted by Crippen LogP contribution is 2.43. The van der Waals surface area contributed by atoms with E-state index >= 15 is 0 Å². The van der Waals surface area contributed by atoms with Crippen LogP contribution >= 0.6 is 7.82 Å². The second-order valence-corrected chi connectivity index (χ2v) is 17.5. The molecule has 308 valence electrons. The van der Waals surface area contributed by atoms with E-state index in [1.54, 1.807) is 0 Å². The van der Waals surface area contributed by atoms with Gasteiger partial charge in [-0.25, -0.2) is 4.57 Å². The van der Waals surface area contributed by atoms with Crippen molar-refractivity contribution in [3.63, 3.8) is 0 Å². The number of likely N-dealkylation sites (N-methyl/N-ethyl adjacent to an activating group) is 1. The molecule has 0 rings (SSSR count). The van der Waals surface area contributed by atoms with Crippen LogP contribution in [-0.4, -0.2) is 73.4 Å². The summed E-state index contributed by atoms with van der Waals surface area (Å²) in [6, 6.07) is -0.758. The molecule has 0 radical (unpaired) electrons. The molecule has 3 unspecified atom stereocenters. The third-order valence-electron chi connectivity index (χ3n) is 9.70. The zero-order chi connectivity index (χ0) is 38.6. The van der Waals surface area contributed by atoms with Crippen LogP contribution in [0.3, 0.4) is 0 Å². The van der Waals surface area contributed by atoms with Crippen molar-refractivity contribution in [2.75, 3.05) is 40.9 Å². The quantitative estimate of drug-likeness (QED) is 0.0250. The summed E-state index contributed by atoms with van der Waals surface area (Å²) in [6.45, 7) is 4.84. The number of rotatable bonds is 39. The molecule has 8 nitrogen and oxygen atoms in total. The van der Waals surface area contributed by atoms with Crippen LogP contribution in [0.15, 0.2) is 24.3 Å². The second-order valence-electron chi connectivity index (χ2n) is 16.1. The standard InChI is InChI=1S/C43H85N2O6P/c1-6-8-10-12-14-16-17-18-19-20-21-22-23-24-25-26-27-29-31-33-35-37-43(47)44-41(40-51-52(48,49)50-39-38-45(3,4)5)42(46)36-34-32-30-28-15-13-11-9-7-2/h17-18,20-21,41-42,46H,6-16,19,22-40H2,1-5H3,(H-,44,47,48,49)/p+1/b18-17-,21-20-. The maximum Gasteiger partial charge on any atom is 0.472 e. The summed E-state index contributed by atoms with van der Waals surface area (Å²) in [6.07, 6.45) is 40.6. The van der Waals surface area contributed by atoms with Gasteiger partial charge in [0.25, 0.3) is 0 Å². The normalized spacial score (nSPS) is 14.7. The van der Waals surface area contributed by atoms with Crippen LogP contribution in [0.5, 0.6) is 0 Å². The van der Waals surface area contributed by atoms with Crippen LogP contribution < -0.4 is 5.32 Å². The SMILES string of the molecule is CCCCCCC/C=C\C/C=C\CCCCCCCCCCCC(=O)NC(COP(=O)(O)OCC[N+](C)(C)C)C(O)CCCCCCCCCCC. The Labute approximate surface area is 322 Å². The first-order valence-electron chi connectivity index (χ1n) is 21.7. The van der Waals surface area contributed by atoms with Crippen molar-refractivity contribution >= 4 is 13.7 Å². The number of hydrogen-bond acceptors (Lipinski definition) is 5. The lowest BCUT2D eigenvalue weighted by molar-refractivity contribution is -0.870. The minimum atomic E-state index is -4.31. The van der Waals surface area contributed by atoms with Crippen LogP contribution in [0.25, 0.3) is 0 Å². The lowest BCUT2D eigenvalue weighted by atomic mass is 10.0. The van der Waals surface area contributed by atoms with Crippen molar-refractivity contribution in [2.45, 2.75) is 206 Å². The highest BCUT2D eigenvalue weighted by molar-refractivity contribution is 7.47. The van der Waals surface area contributed by atoms with Crippen LogP contribution in [0.2, 0.25) is 0 Å². The predicted octanol–water partition coefficient (Wildman–Crippen LogP) is 11.7. The molecule has 3 atom stereocenters. The molecule has 0 saturated carbocycles. The highest BCUT2D eigenvalue weighted by Gasteiger charge is 2.28. The Hall–Kier alpha value is -1.02. The summed E-state index contributed by atoms with van der Waals surface area (Å²) >= 11 is 0. The number of unbranched alkanes of at least 4 members (excludes halogenated alkanes) is 22. The summed E-state index contributed by atoms with van der Waals surface area (Å²) in [5.74, 6) is -0.152. The van der Waals surface area contributed by atoms with Gasteiger partial charge in [-0.1, -0.05) is 167 Å². The number of carbonyl (C=O) groups excluding carboxylic acids is 1. The Balaban J connectivity index is 4.25. The maximum absolute atomic E-state index is 12.8. The van der Waals surface area contributed by atoms with Crippen LogP contribution in [0, 0.1) is 0 Å². The molecule has 0 saturated heterocycles. The average Bonchev–Trinajstić information content (AvgIpc) is 3.09. The van der Waals surface area contributed by atoms with E-state index in [9.17, 15) is 19.4 Å². The molecule has 0 aliphatic carbocycles. The fraction of sp³-hybridized carbons (Fsp3) is 0.884. The van der Waals surface area contributed by atoms with Crippen molar-refractivity contribution in [3.8, 4) is 0 Å². The van der Waals surface area contributed by atoms with Gasteiger partial charge in [-0.15, -0.1) is 0 Å². The highest BCUT2D eigenvalue weighted by atomic mass is 31.2. The third-order valence-corrected chi connectivity index (χ3v) is 10.7. The summed E-state index contributed by atoms with van der Waals surface area (Å²) in [4.78, 5) is 23.1. The Morgan fingerprint density at radius 2 is 1.10 bits per heavy atom. The molecule has 0 aromatic rings. The minimum Gasteiger partial charge on any atom is -0.391 e. The lowest BCUT2D eigenvalue weighted by Gasteiger charge is -2.26. The molecule has 52 heavy (non-hydrogen) atoms. The van der Waals surface area contributed by atoms with Crippen molar-refractivity contribution in [2.24, 2.45) is 0 Å². The maximum atomic E-state index is 12.8. The minimum absolute atomic E-state index is 0.0740. The fourth-order valence-corrected chi connectivity index (χ4v) is 6.93. The van der Waals surface area contributed by atoms with Gasteiger partial charge >= 0.3 is 7.82 Å². The van der Waals surface area contributed by atoms with Crippen molar-refractivity contribution < 1.29 is 32.9 Å². The molecule has 0 aromatic carbocycles. The third kappa shape index (κ3) is 37.3. The van der Waals surface area contributed by atoms with Gasteiger partial charge in [-0.3, -0.25) is 13.8 Å². The molecule has 0 aromatic heterocycles. The van der Waals surface area contributed by atoms with Crippen molar-refractivity contribution in [1.82, 2.24) is 5.32 Å². The Bertz CT molecular complexity index is 907. The molecule has 0 spiro atoms. The number of allylic oxidation sites excluding steroid dienone is 4. The molecule has 0 fully saturated rings. The van der Waals surface area contributed by atoms with Crippen LogP contribution in [0.1, 0.15) is 194 Å². The summed E-state index contributed by atoms with van der Waals surface area (Å²) in [7, 11) is 1.61. The van der Waals surface area contributed by atoms with E-state index in [1.807, 2.05) is 21.1 Å². The lowest BCUT2D eigenvalue weighted by Crippen LogP contribution is -2.46. The van der Waals surface area contributed by atoms with Gasteiger partial charge in [0, 0.05) is 6.42 Å². The predicted molar refractivity (Wildman–Crippen MR) is 221 cm³/mol.